The molecule has 0 spiro atoms. The SMILES string of the molecule is CO[C@H]1O[C@@H]2CO[C@H](c3ccccc3)O[C@H]2[C@@H](O)[C@@H]1O. The van der Waals surface area contributed by atoms with Crippen LogP contribution in [0.25, 0.3) is 0 Å². The highest BCUT2D eigenvalue weighted by molar-refractivity contribution is 5.16. The number of aliphatic hydroxyl groups is 2. The summed E-state index contributed by atoms with van der Waals surface area (Å²) in [6.45, 7) is 0.272. The molecule has 0 aromatic heterocycles. The highest BCUT2D eigenvalue weighted by Gasteiger charge is 2.48. The van der Waals surface area contributed by atoms with Crippen molar-refractivity contribution in [1.29, 1.82) is 0 Å². The Morgan fingerprint density at radius 1 is 1.10 bits per heavy atom. The molecule has 0 bridgehead atoms. The van der Waals surface area contributed by atoms with Crippen LogP contribution in [0.5, 0.6) is 0 Å². The van der Waals surface area contributed by atoms with E-state index in [2.05, 4.69) is 0 Å². The standard InChI is InChI=1S/C14H18O6/c1-17-14-11(16)10(15)12-9(19-14)7-18-13(20-12)8-5-3-2-4-6-8/h2-6,9-16H,7H2,1H3/t9-,10+,11+,12-,13+,14+/m1/s1. The average molecular weight is 282 g/mol. The lowest BCUT2D eigenvalue weighted by Crippen LogP contribution is -2.62. The molecule has 20 heavy (non-hydrogen) atoms. The first kappa shape index (κ1) is 13.9. The summed E-state index contributed by atoms with van der Waals surface area (Å²) in [4.78, 5) is 0. The number of fused-ring (bicyclic) bond motifs is 1. The van der Waals surface area contributed by atoms with Crippen molar-refractivity contribution in [2.45, 2.75) is 37.0 Å². The maximum absolute atomic E-state index is 10.1. The van der Waals surface area contributed by atoms with Crippen LogP contribution in [0.1, 0.15) is 11.9 Å². The Bertz CT molecular complexity index is 437. The maximum atomic E-state index is 10.1. The number of ether oxygens (including phenoxy) is 4. The fourth-order valence-electron chi connectivity index (χ4n) is 2.55. The zero-order chi connectivity index (χ0) is 14.1. The van der Waals surface area contributed by atoms with Gasteiger partial charge in [-0.3, -0.25) is 0 Å². The summed E-state index contributed by atoms with van der Waals surface area (Å²) in [5.41, 5.74) is 0.863. The number of benzene rings is 1. The van der Waals surface area contributed by atoms with Crippen LogP contribution in [0.2, 0.25) is 0 Å². The Morgan fingerprint density at radius 2 is 1.85 bits per heavy atom. The molecule has 2 saturated heterocycles. The van der Waals surface area contributed by atoms with E-state index in [0.29, 0.717) is 0 Å². The lowest BCUT2D eigenvalue weighted by molar-refractivity contribution is -0.358. The molecule has 1 aromatic carbocycles. The Balaban J connectivity index is 1.74. The van der Waals surface area contributed by atoms with Crippen LogP contribution in [-0.4, -0.2) is 54.6 Å². The molecule has 2 aliphatic rings. The van der Waals surface area contributed by atoms with Gasteiger partial charge in [0.25, 0.3) is 0 Å². The van der Waals surface area contributed by atoms with Gasteiger partial charge in [0.2, 0.25) is 0 Å². The van der Waals surface area contributed by atoms with Gasteiger partial charge in [-0.25, -0.2) is 0 Å². The number of aliphatic hydroxyl groups excluding tert-OH is 2. The van der Waals surface area contributed by atoms with E-state index in [9.17, 15) is 10.2 Å². The van der Waals surface area contributed by atoms with E-state index in [1.807, 2.05) is 30.3 Å². The third-order valence-corrected chi connectivity index (χ3v) is 3.64. The van der Waals surface area contributed by atoms with Crippen molar-refractivity contribution in [3.63, 3.8) is 0 Å². The molecule has 1 aromatic rings. The average Bonchev–Trinajstić information content (AvgIpc) is 2.51. The molecule has 3 rings (SSSR count). The number of rotatable bonds is 2. The lowest BCUT2D eigenvalue weighted by atomic mass is 9.98. The van der Waals surface area contributed by atoms with Crippen LogP contribution in [0.15, 0.2) is 30.3 Å². The van der Waals surface area contributed by atoms with Crippen LogP contribution >= 0.6 is 0 Å². The zero-order valence-corrected chi connectivity index (χ0v) is 11.1. The van der Waals surface area contributed by atoms with Gasteiger partial charge in [0.15, 0.2) is 12.6 Å². The highest BCUT2D eigenvalue weighted by Crippen LogP contribution is 2.33. The van der Waals surface area contributed by atoms with Gasteiger partial charge >= 0.3 is 0 Å². The second-order valence-electron chi connectivity index (χ2n) is 4.94. The molecule has 2 aliphatic heterocycles. The van der Waals surface area contributed by atoms with E-state index in [1.165, 1.54) is 7.11 Å². The third kappa shape index (κ3) is 2.46. The number of hydrogen-bond donors (Lipinski definition) is 2. The van der Waals surface area contributed by atoms with Crippen LogP contribution in [0, 0.1) is 0 Å². The molecule has 0 amide bonds. The van der Waals surface area contributed by atoms with Gasteiger partial charge in [0.05, 0.1) is 6.61 Å². The molecule has 2 N–H and O–H groups in total. The van der Waals surface area contributed by atoms with E-state index in [0.717, 1.165) is 5.56 Å². The van der Waals surface area contributed by atoms with Crippen molar-refractivity contribution in [1.82, 2.24) is 0 Å². The fraction of sp³-hybridized carbons (Fsp3) is 0.571. The van der Waals surface area contributed by atoms with Crippen molar-refractivity contribution < 1.29 is 29.2 Å². The first-order chi connectivity index (χ1) is 9.70. The minimum absolute atomic E-state index is 0.272. The molecule has 2 heterocycles. The molecule has 0 saturated carbocycles. The second kappa shape index (κ2) is 5.77. The Morgan fingerprint density at radius 3 is 2.55 bits per heavy atom. The smallest absolute Gasteiger partial charge is 0.186 e. The van der Waals surface area contributed by atoms with Gasteiger partial charge in [0, 0.05) is 12.7 Å². The van der Waals surface area contributed by atoms with Crippen LogP contribution in [-0.2, 0) is 18.9 Å². The molecule has 6 heteroatoms. The van der Waals surface area contributed by atoms with Crippen molar-refractivity contribution in [3.8, 4) is 0 Å². The monoisotopic (exact) mass is 282 g/mol. The predicted octanol–water partition coefficient (Wildman–Crippen LogP) is 0.194. The van der Waals surface area contributed by atoms with Gasteiger partial charge in [-0.2, -0.15) is 0 Å². The zero-order valence-electron chi connectivity index (χ0n) is 11.1. The summed E-state index contributed by atoms with van der Waals surface area (Å²) in [6, 6.07) is 9.45. The van der Waals surface area contributed by atoms with E-state index in [4.69, 9.17) is 18.9 Å². The van der Waals surface area contributed by atoms with E-state index < -0.39 is 37.0 Å². The van der Waals surface area contributed by atoms with Gasteiger partial charge < -0.3 is 29.2 Å². The van der Waals surface area contributed by atoms with Crippen LogP contribution in [0.3, 0.4) is 0 Å². The molecule has 0 radical (unpaired) electrons. The van der Waals surface area contributed by atoms with Gasteiger partial charge in [-0.1, -0.05) is 30.3 Å². The van der Waals surface area contributed by atoms with E-state index in [1.54, 1.807) is 0 Å². The molecule has 110 valence electrons. The summed E-state index contributed by atoms with van der Waals surface area (Å²) in [6.07, 6.45) is -4.76. The summed E-state index contributed by atoms with van der Waals surface area (Å²) in [7, 11) is 1.41. The van der Waals surface area contributed by atoms with Crippen molar-refractivity contribution >= 4 is 0 Å². The van der Waals surface area contributed by atoms with Gasteiger partial charge in [0.1, 0.15) is 24.4 Å². The molecule has 6 atom stereocenters. The van der Waals surface area contributed by atoms with E-state index >= 15 is 0 Å². The quantitative estimate of drug-likeness (QED) is 0.806. The minimum Gasteiger partial charge on any atom is -0.387 e. The first-order valence-electron chi connectivity index (χ1n) is 6.57. The van der Waals surface area contributed by atoms with Crippen molar-refractivity contribution in [3.05, 3.63) is 35.9 Å². The first-order valence-corrected chi connectivity index (χ1v) is 6.57. The third-order valence-electron chi connectivity index (χ3n) is 3.64. The van der Waals surface area contributed by atoms with Gasteiger partial charge in [-0.15, -0.1) is 0 Å². The fourth-order valence-corrected chi connectivity index (χ4v) is 2.55. The summed E-state index contributed by atoms with van der Waals surface area (Å²) >= 11 is 0. The van der Waals surface area contributed by atoms with Crippen molar-refractivity contribution in [2.75, 3.05) is 13.7 Å². The molecule has 0 aliphatic carbocycles. The summed E-state index contributed by atoms with van der Waals surface area (Å²) < 4.78 is 21.9. The molecule has 0 unspecified atom stereocenters. The van der Waals surface area contributed by atoms with Gasteiger partial charge in [-0.05, 0) is 0 Å². The Labute approximate surface area is 116 Å². The van der Waals surface area contributed by atoms with Crippen LogP contribution in [0.4, 0.5) is 0 Å². The Kier molecular flexibility index (Phi) is 4.02. The van der Waals surface area contributed by atoms with Crippen LogP contribution < -0.4 is 0 Å². The maximum Gasteiger partial charge on any atom is 0.186 e. The largest absolute Gasteiger partial charge is 0.387 e. The van der Waals surface area contributed by atoms with Crippen molar-refractivity contribution in [2.24, 2.45) is 0 Å². The highest BCUT2D eigenvalue weighted by atomic mass is 16.7. The number of hydrogen-bond acceptors (Lipinski definition) is 6. The molecule has 6 nitrogen and oxygen atoms in total. The Hall–Kier alpha value is -1.02. The molecular formula is C14H18O6. The second-order valence-corrected chi connectivity index (χ2v) is 4.94. The normalized spacial score (nSPS) is 41.1. The molecule has 2 fully saturated rings. The number of methoxy groups -OCH3 is 1. The minimum atomic E-state index is -1.14. The lowest BCUT2D eigenvalue weighted by Gasteiger charge is -2.45. The van der Waals surface area contributed by atoms with E-state index in [-0.39, 0.29) is 6.61 Å². The summed E-state index contributed by atoms with van der Waals surface area (Å²) in [5.74, 6) is 0. The molecular weight excluding hydrogens is 264 g/mol. The summed E-state index contributed by atoms with van der Waals surface area (Å²) in [5, 5.41) is 20.1. The predicted molar refractivity (Wildman–Crippen MR) is 67.7 cm³/mol. The topological polar surface area (TPSA) is 77.4 Å².